The number of ether oxygens (including phenoxy) is 1. The lowest BCUT2D eigenvalue weighted by atomic mass is 10.1. The summed E-state index contributed by atoms with van der Waals surface area (Å²) in [5, 5.41) is 13.1. The van der Waals surface area contributed by atoms with Gasteiger partial charge in [-0.1, -0.05) is 12.1 Å². The average molecular weight is 304 g/mol. The SMILES string of the molecule is COc1cccc(C)c1NC(=O)c1ccc([N+](=O)[O-])cc1F. The summed E-state index contributed by atoms with van der Waals surface area (Å²) in [4.78, 5) is 22.0. The molecular weight excluding hydrogens is 291 g/mol. The number of nitro benzene ring substituents is 1. The Kier molecular flexibility index (Phi) is 4.36. The first kappa shape index (κ1) is 15.4. The molecule has 0 bridgehead atoms. The van der Waals surface area contributed by atoms with Crippen molar-refractivity contribution in [3.8, 4) is 5.75 Å². The number of benzene rings is 2. The highest BCUT2D eigenvalue weighted by molar-refractivity contribution is 6.05. The fourth-order valence-corrected chi connectivity index (χ4v) is 1.95. The molecule has 0 aliphatic heterocycles. The number of non-ortho nitro benzene ring substituents is 1. The topological polar surface area (TPSA) is 81.5 Å². The molecule has 114 valence electrons. The molecule has 7 heteroatoms. The molecule has 0 saturated carbocycles. The standard InChI is InChI=1S/C15H13FN2O4/c1-9-4-3-5-13(22-2)14(9)17-15(19)11-7-6-10(18(20)21)8-12(11)16/h3-8H,1-2H3,(H,17,19). The molecule has 6 nitrogen and oxygen atoms in total. The summed E-state index contributed by atoms with van der Waals surface area (Å²) < 4.78 is 19.0. The number of nitrogens with one attached hydrogen (secondary N) is 1. The largest absolute Gasteiger partial charge is 0.495 e. The van der Waals surface area contributed by atoms with Gasteiger partial charge in [-0.2, -0.15) is 0 Å². The zero-order valence-corrected chi connectivity index (χ0v) is 11.9. The van der Waals surface area contributed by atoms with E-state index < -0.39 is 22.3 Å². The second kappa shape index (κ2) is 6.21. The Morgan fingerprint density at radius 1 is 1.32 bits per heavy atom. The van der Waals surface area contributed by atoms with E-state index in [0.29, 0.717) is 17.5 Å². The van der Waals surface area contributed by atoms with Crippen LogP contribution < -0.4 is 10.1 Å². The van der Waals surface area contributed by atoms with Crippen LogP contribution >= 0.6 is 0 Å². The molecule has 2 aromatic carbocycles. The van der Waals surface area contributed by atoms with E-state index in [1.54, 1.807) is 25.1 Å². The second-order valence-corrected chi connectivity index (χ2v) is 4.53. The van der Waals surface area contributed by atoms with Gasteiger partial charge in [-0.05, 0) is 24.6 Å². The van der Waals surface area contributed by atoms with E-state index in [1.165, 1.54) is 7.11 Å². The predicted molar refractivity (Wildman–Crippen MR) is 78.7 cm³/mol. The first-order valence-corrected chi connectivity index (χ1v) is 6.33. The fourth-order valence-electron chi connectivity index (χ4n) is 1.95. The van der Waals surface area contributed by atoms with Crippen molar-refractivity contribution in [1.82, 2.24) is 0 Å². The van der Waals surface area contributed by atoms with Gasteiger partial charge in [0.2, 0.25) is 0 Å². The highest BCUT2D eigenvalue weighted by atomic mass is 19.1. The summed E-state index contributed by atoms with van der Waals surface area (Å²) in [5.74, 6) is -1.23. The van der Waals surface area contributed by atoms with Gasteiger partial charge in [-0.15, -0.1) is 0 Å². The molecule has 0 aliphatic carbocycles. The number of methoxy groups -OCH3 is 1. The Balaban J connectivity index is 2.32. The minimum absolute atomic E-state index is 0.282. The predicted octanol–water partition coefficient (Wildman–Crippen LogP) is 3.30. The number of rotatable bonds is 4. The lowest BCUT2D eigenvalue weighted by molar-refractivity contribution is -0.385. The van der Waals surface area contributed by atoms with Gasteiger partial charge in [-0.3, -0.25) is 14.9 Å². The van der Waals surface area contributed by atoms with E-state index >= 15 is 0 Å². The molecule has 1 N–H and O–H groups in total. The zero-order chi connectivity index (χ0) is 16.3. The Morgan fingerprint density at radius 2 is 2.05 bits per heavy atom. The van der Waals surface area contributed by atoms with E-state index in [9.17, 15) is 19.3 Å². The third kappa shape index (κ3) is 3.03. The van der Waals surface area contributed by atoms with Crippen molar-refractivity contribution in [1.29, 1.82) is 0 Å². The van der Waals surface area contributed by atoms with Crippen LogP contribution in [0.4, 0.5) is 15.8 Å². The number of anilines is 1. The van der Waals surface area contributed by atoms with Gasteiger partial charge in [0.25, 0.3) is 11.6 Å². The van der Waals surface area contributed by atoms with Gasteiger partial charge >= 0.3 is 0 Å². The van der Waals surface area contributed by atoms with Crippen LogP contribution in [-0.2, 0) is 0 Å². The van der Waals surface area contributed by atoms with E-state index in [0.717, 1.165) is 17.7 Å². The molecule has 1 amide bonds. The number of hydrogen-bond donors (Lipinski definition) is 1. The molecule has 22 heavy (non-hydrogen) atoms. The molecule has 0 fully saturated rings. The van der Waals surface area contributed by atoms with Crippen molar-refractivity contribution in [2.45, 2.75) is 6.92 Å². The zero-order valence-electron chi connectivity index (χ0n) is 11.9. The molecular formula is C15H13FN2O4. The fraction of sp³-hybridized carbons (Fsp3) is 0.133. The minimum atomic E-state index is -0.959. The number of halogens is 1. The summed E-state index contributed by atoms with van der Waals surface area (Å²) >= 11 is 0. The maximum absolute atomic E-state index is 13.9. The van der Waals surface area contributed by atoms with Crippen molar-refractivity contribution >= 4 is 17.3 Å². The van der Waals surface area contributed by atoms with Crippen LogP contribution in [0.15, 0.2) is 36.4 Å². The number of carbonyl (C=O) groups excluding carboxylic acids is 1. The van der Waals surface area contributed by atoms with Crippen LogP contribution in [0.1, 0.15) is 15.9 Å². The van der Waals surface area contributed by atoms with Crippen LogP contribution in [0, 0.1) is 22.9 Å². The Hall–Kier alpha value is -2.96. The van der Waals surface area contributed by atoms with Gasteiger partial charge in [0.05, 0.1) is 29.4 Å². The van der Waals surface area contributed by atoms with Crippen molar-refractivity contribution < 1.29 is 18.8 Å². The van der Waals surface area contributed by atoms with E-state index in [4.69, 9.17) is 4.74 Å². The smallest absolute Gasteiger partial charge is 0.272 e. The summed E-state index contributed by atoms with van der Waals surface area (Å²) in [6.45, 7) is 1.77. The van der Waals surface area contributed by atoms with Crippen LogP contribution in [0.2, 0.25) is 0 Å². The Bertz CT molecular complexity index is 746. The number of para-hydroxylation sites is 1. The lowest BCUT2D eigenvalue weighted by Crippen LogP contribution is -2.15. The number of amides is 1. The maximum Gasteiger partial charge on any atom is 0.272 e. The molecule has 0 saturated heterocycles. The molecule has 0 radical (unpaired) electrons. The van der Waals surface area contributed by atoms with Crippen LogP contribution in [0.25, 0.3) is 0 Å². The quantitative estimate of drug-likeness (QED) is 0.694. The highest BCUT2D eigenvalue weighted by Gasteiger charge is 2.18. The van der Waals surface area contributed by atoms with Gasteiger partial charge < -0.3 is 10.1 Å². The average Bonchev–Trinajstić information content (AvgIpc) is 2.48. The molecule has 0 unspecified atom stereocenters. The molecule has 0 aliphatic rings. The van der Waals surface area contributed by atoms with E-state index in [1.807, 2.05) is 0 Å². The first-order valence-electron chi connectivity index (χ1n) is 6.33. The summed E-state index contributed by atoms with van der Waals surface area (Å²) in [6.07, 6.45) is 0. The Morgan fingerprint density at radius 3 is 2.64 bits per heavy atom. The first-order chi connectivity index (χ1) is 10.4. The van der Waals surface area contributed by atoms with Gasteiger partial charge in [-0.25, -0.2) is 4.39 Å². The number of nitrogens with zero attached hydrogens (tertiary/aromatic N) is 1. The van der Waals surface area contributed by atoms with Crippen LogP contribution in [-0.4, -0.2) is 17.9 Å². The summed E-state index contributed by atoms with van der Waals surface area (Å²) in [5.41, 5.74) is 0.473. The van der Waals surface area contributed by atoms with Crippen molar-refractivity contribution in [2.75, 3.05) is 12.4 Å². The normalized spacial score (nSPS) is 10.1. The molecule has 0 heterocycles. The molecule has 0 spiro atoms. The molecule has 0 atom stereocenters. The molecule has 2 rings (SSSR count). The number of hydrogen-bond acceptors (Lipinski definition) is 4. The van der Waals surface area contributed by atoms with Crippen molar-refractivity contribution in [2.24, 2.45) is 0 Å². The van der Waals surface area contributed by atoms with Gasteiger partial charge in [0.1, 0.15) is 11.6 Å². The monoisotopic (exact) mass is 304 g/mol. The number of nitro groups is 1. The maximum atomic E-state index is 13.9. The Labute approximate surface area is 125 Å². The van der Waals surface area contributed by atoms with Crippen LogP contribution in [0.3, 0.4) is 0 Å². The number of aryl methyl sites for hydroxylation is 1. The van der Waals surface area contributed by atoms with Crippen molar-refractivity contribution in [3.63, 3.8) is 0 Å². The minimum Gasteiger partial charge on any atom is -0.495 e. The molecule has 0 aromatic heterocycles. The van der Waals surface area contributed by atoms with Crippen LogP contribution in [0.5, 0.6) is 5.75 Å². The summed E-state index contributed by atoms with van der Waals surface area (Å²) in [6, 6.07) is 8.06. The lowest BCUT2D eigenvalue weighted by Gasteiger charge is -2.13. The number of carbonyl (C=O) groups is 1. The third-order valence-corrected chi connectivity index (χ3v) is 3.10. The van der Waals surface area contributed by atoms with Crippen molar-refractivity contribution in [3.05, 3.63) is 63.5 Å². The van der Waals surface area contributed by atoms with Gasteiger partial charge in [0.15, 0.2) is 0 Å². The van der Waals surface area contributed by atoms with E-state index in [-0.39, 0.29) is 5.56 Å². The second-order valence-electron chi connectivity index (χ2n) is 4.53. The van der Waals surface area contributed by atoms with E-state index in [2.05, 4.69) is 5.32 Å². The molecule has 2 aromatic rings. The third-order valence-electron chi connectivity index (χ3n) is 3.10. The highest BCUT2D eigenvalue weighted by Crippen LogP contribution is 2.28. The summed E-state index contributed by atoms with van der Waals surface area (Å²) in [7, 11) is 1.46. The van der Waals surface area contributed by atoms with Gasteiger partial charge in [0, 0.05) is 6.07 Å².